The minimum Gasteiger partial charge on any atom is -0.487 e. The number of hydrogen-bond acceptors (Lipinski definition) is 4. The number of anilines is 1. The Morgan fingerprint density at radius 1 is 1.23 bits per heavy atom. The van der Waals surface area contributed by atoms with Crippen molar-refractivity contribution in [3.8, 4) is 5.75 Å². The number of aromatic amines is 1. The molecule has 0 fully saturated rings. The number of nitrogens with two attached hydrogens (primary N) is 1. The molecule has 1 heterocycles. The molecule has 0 bridgehead atoms. The first kappa shape index (κ1) is 14.8. The topological polar surface area (TPSA) is 63.9 Å². The fraction of sp³-hybridized carbons (Fsp3) is 0.235. The van der Waals surface area contributed by atoms with Gasteiger partial charge in [0.05, 0.1) is 0 Å². The van der Waals surface area contributed by atoms with Crippen LogP contribution in [0.4, 0.5) is 5.82 Å². The molecule has 0 saturated heterocycles. The summed E-state index contributed by atoms with van der Waals surface area (Å²) in [7, 11) is 0. The fourth-order valence-corrected chi connectivity index (χ4v) is 3.18. The molecule has 22 heavy (non-hydrogen) atoms. The monoisotopic (exact) mass is 313 g/mol. The van der Waals surface area contributed by atoms with Gasteiger partial charge in [0.25, 0.3) is 0 Å². The molecule has 0 radical (unpaired) electrons. The van der Waals surface area contributed by atoms with Crippen LogP contribution in [0.25, 0.3) is 10.9 Å². The Bertz CT molecular complexity index is 768. The number of H-pyrrole nitrogens is 1. The summed E-state index contributed by atoms with van der Waals surface area (Å²) < 4.78 is 6.00. The number of aromatic nitrogens is 2. The van der Waals surface area contributed by atoms with Gasteiger partial charge in [0.15, 0.2) is 5.82 Å². The highest BCUT2D eigenvalue weighted by molar-refractivity contribution is 7.99. The normalized spacial score (nSPS) is 11.2. The van der Waals surface area contributed by atoms with Crippen molar-refractivity contribution < 1.29 is 4.74 Å². The summed E-state index contributed by atoms with van der Waals surface area (Å²) in [5.74, 6) is 1.29. The van der Waals surface area contributed by atoms with E-state index in [1.807, 2.05) is 36.4 Å². The quantitative estimate of drug-likeness (QED) is 0.692. The molecule has 0 saturated carbocycles. The minimum absolute atomic E-state index is 0.493. The average molecular weight is 313 g/mol. The average Bonchev–Trinajstić information content (AvgIpc) is 2.87. The van der Waals surface area contributed by atoms with Crippen molar-refractivity contribution in [1.29, 1.82) is 0 Å². The Kier molecular flexibility index (Phi) is 4.24. The van der Waals surface area contributed by atoms with Gasteiger partial charge in [-0.15, -0.1) is 11.8 Å². The van der Waals surface area contributed by atoms with Gasteiger partial charge in [0.1, 0.15) is 17.9 Å². The number of thioether (sulfide) groups is 1. The van der Waals surface area contributed by atoms with E-state index >= 15 is 0 Å². The van der Waals surface area contributed by atoms with E-state index in [2.05, 4.69) is 30.1 Å². The third-order valence-corrected chi connectivity index (χ3v) is 4.23. The summed E-state index contributed by atoms with van der Waals surface area (Å²) in [6, 6.07) is 14.2. The third-order valence-electron chi connectivity index (χ3n) is 3.25. The molecule has 0 amide bonds. The highest BCUT2D eigenvalue weighted by Crippen LogP contribution is 2.35. The van der Waals surface area contributed by atoms with Gasteiger partial charge < -0.3 is 10.5 Å². The number of nitrogens with one attached hydrogen (secondary N) is 1. The third kappa shape index (κ3) is 3.20. The van der Waals surface area contributed by atoms with Gasteiger partial charge in [-0.2, -0.15) is 5.10 Å². The van der Waals surface area contributed by atoms with Crippen LogP contribution >= 0.6 is 11.8 Å². The SMILES string of the molecule is CC(C)Sc1cc(OCc2ccccc2)c2[nH]nc(N)c2c1. The maximum absolute atomic E-state index is 6.00. The van der Waals surface area contributed by atoms with E-state index in [0.717, 1.165) is 27.1 Å². The molecule has 114 valence electrons. The van der Waals surface area contributed by atoms with Crippen LogP contribution in [0, 0.1) is 0 Å². The Hall–Kier alpha value is -2.14. The Morgan fingerprint density at radius 3 is 2.73 bits per heavy atom. The molecule has 0 atom stereocenters. The predicted molar refractivity (Wildman–Crippen MR) is 92.3 cm³/mol. The number of hydrogen-bond donors (Lipinski definition) is 2. The van der Waals surface area contributed by atoms with Gasteiger partial charge in [0, 0.05) is 15.5 Å². The zero-order valence-electron chi connectivity index (χ0n) is 12.7. The molecule has 1 aromatic heterocycles. The number of nitrogen functional groups attached to an aromatic ring is 1. The summed E-state index contributed by atoms with van der Waals surface area (Å²) >= 11 is 1.78. The lowest BCUT2D eigenvalue weighted by Gasteiger charge is -2.11. The standard InChI is InChI=1S/C17H19N3OS/c1-11(2)22-13-8-14-16(19-20-17(14)18)15(9-13)21-10-12-6-4-3-5-7-12/h3-9,11H,10H2,1-2H3,(H3,18,19,20). The molecule has 5 heteroatoms. The van der Waals surface area contributed by atoms with Crippen LogP contribution in [0.3, 0.4) is 0 Å². The lowest BCUT2D eigenvalue weighted by molar-refractivity contribution is 0.308. The number of fused-ring (bicyclic) bond motifs is 1. The lowest BCUT2D eigenvalue weighted by atomic mass is 10.2. The van der Waals surface area contributed by atoms with Crippen molar-refractivity contribution in [2.24, 2.45) is 0 Å². The summed E-state index contributed by atoms with van der Waals surface area (Å²) in [5.41, 5.74) is 7.92. The first-order valence-corrected chi connectivity index (χ1v) is 8.12. The highest BCUT2D eigenvalue weighted by Gasteiger charge is 2.12. The maximum Gasteiger partial charge on any atom is 0.153 e. The lowest BCUT2D eigenvalue weighted by Crippen LogP contribution is -1.97. The smallest absolute Gasteiger partial charge is 0.153 e. The molecular weight excluding hydrogens is 294 g/mol. The van der Waals surface area contributed by atoms with Gasteiger partial charge >= 0.3 is 0 Å². The molecule has 3 aromatic rings. The van der Waals surface area contributed by atoms with Crippen LogP contribution in [0.15, 0.2) is 47.4 Å². The predicted octanol–water partition coefficient (Wildman–Crippen LogP) is 4.22. The Balaban J connectivity index is 1.92. The minimum atomic E-state index is 0.493. The van der Waals surface area contributed by atoms with Crippen molar-refractivity contribution in [3.05, 3.63) is 48.0 Å². The van der Waals surface area contributed by atoms with Crippen LogP contribution in [-0.4, -0.2) is 15.4 Å². The zero-order valence-corrected chi connectivity index (χ0v) is 13.5. The highest BCUT2D eigenvalue weighted by atomic mass is 32.2. The van der Waals surface area contributed by atoms with Crippen molar-refractivity contribution in [1.82, 2.24) is 10.2 Å². The van der Waals surface area contributed by atoms with E-state index < -0.39 is 0 Å². The van der Waals surface area contributed by atoms with Crippen LogP contribution in [0.1, 0.15) is 19.4 Å². The number of nitrogens with zero attached hydrogens (tertiary/aromatic N) is 1. The van der Waals surface area contributed by atoms with Crippen molar-refractivity contribution in [2.45, 2.75) is 30.6 Å². The van der Waals surface area contributed by atoms with Gasteiger partial charge in [-0.05, 0) is 17.7 Å². The molecular formula is C17H19N3OS. The summed E-state index contributed by atoms with van der Waals surface area (Å²) in [6.45, 7) is 4.85. The van der Waals surface area contributed by atoms with Gasteiger partial charge in [-0.3, -0.25) is 5.10 Å². The number of benzene rings is 2. The van der Waals surface area contributed by atoms with Crippen LogP contribution in [0.2, 0.25) is 0 Å². The van der Waals surface area contributed by atoms with Gasteiger partial charge in [-0.25, -0.2) is 0 Å². The van der Waals surface area contributed by atoms with Crippen molar-refractivity contribution in [3.63, 3.8) is 0 Å². The van der Waals surface area contributed by atoms with Crippen LogP contribution < -0.4 is 10.5 Å². The molecule has 0 aliphatic heterocycles. The molecule has 0 aliphatic rings. The molecule has 3 N–H and O–H groups in total. The van der Waals surface area contributed by atoms with Crippen molar-refractivity contribution >= 4 is 28.5 Å². The van der Waals surface area contributed by atoms with Gasteiger partial charge in [-0.1, -0.05) is 44.2 Å². The maximum atomic E-state index is 6.00. The second kappa shape index (κ2) is 6.32. The number of ether oxygens (including phenoxy) is 1. The Morgan fingerprint density at radius 2 is 2.00 bits per heavy atom. The Labute approximate surface area is 134 Å². The fourth-order valence-electron chi connectivity index (χ4n) is 2.27. The summed E-state index contributed by atoms with van der Waals surface area (Å²) in [5, 5.41) is 8.46. The molecule has 3 rings (SSSR count). The van der Waals surface area contributed by atoms with E-state index in [-0.39, 0.29) is 0 Å². The zero-order chi connectivity index (χ0) is 15.5. The van der Waals surface area contributed by atoms with E-state index in [0.29, 0.717) is 17.7 Å². The van der Waals surface area contributed by atoms with Gasteiger partial charge in [0.2, 0.25) is 0 Å². The first-order valence-electron chi connectivity index (χ1n) is 7.24. The molecule has 4 nitrogen and oxygen atoms in total. The largest absolute Gasteiger partial charge is 0.487 e. The summed E-state index contributed by atoms with van der Waals surface area (Å²) in [4.78, 5) is 1.14. The van der Waals surface area contributed by atoms with E-state index in [1.165, 1.54) is 0 Å². The van der Waals surface area contributed by atoms with E-state index in [9.17, 15) is 0 Å². The molecule has 0 unspecified atom stereocenters. The first-order chi connectivity index (χ1) is 10.6. The van der Waals surface area contributed by atoms with Crippen LogP contribution in [-0.2, 0) is 6.61 Å². The van der Waals surface area contributed by atoms with Crippen molar-refractivity contribution in [2.75, 3.05) is 5.73 Å². The second-order valence-electron chi connectivity index (χ2n) is 5.39. The molecule has 2 aromatic carbocycles. The molecule has 0 aliphatic carbocycles. The van der Waals surface area contributed by atoms with E-state index in [1.54, 1.807) is 11.8 Å². The van der Waals surface area contributed by atoms with E-state index in [4.69, 9.17) is 10.5 Å². The number of rotatable bonds is 5. The van der Waals surface area contributed by atoms with Crippen LogP contribution in [0.5, 0.6) is 5.75 Å². The summed E-state index contributed by atoms with van der Waals surface area (Å²) in [6.07, 6.45) is 0. The second-order valence-corrected chi connectivity index (χ2v) is 7.04. The molecule has 0 spiro atoms.